The van der Waals surface area contributed by atoms with Crippen LogP contribution in [0, 0.1) is 0 Å². The second-order valence-electron chi connectivity index (χ2n) is 3.92. The lowest BCUT2D eigenvalue weighted by Crippen LogP contribution is -2.13. The summed E-state index contributed by atoms with van der Waals surface area (Å²) in [7, 11) is 0. The molecule has 0 aliphatic carbocycles. The topological polar surface area (TPSA) is 35.2 Å². The Hall–Kier alpha value is -1.29. The molecule has 0 amide bonds. The molecule has 19 heavy (non-hydrogen) atoms. The molecule has 0 aliphatic rings. The van der Waals surface area contributed by atoms with Gasteiger partial charge in [0.05, 0.1) is 0 Å². The minimum absolute atomic E-state index is 0.350. The van der Waals surface area contributed by atoms with Crippen molar-refractivity contribution >= 4 is 40.4 Å². The smallest absolute Gasteiger partial charge is 0.122 e. The molecule has 0 saturated heterocycles. The molecule has 2 rings (SSSR count). The third kappa shape index (κ3) is 3.83. The summed E-state index contributed by atoms with van der Waals surface area (Å²) < 4.78 is 5.66. The van der Waals surface area contributed by atoms with Crippen molar-refractivity contribution in [1.82, 2.24) is 0 Å². The largest absolute Gasteiger partial charge is 0.489 e. The van der Waals surface area contributed by atoms with E-state index in [0.29, 0.717) is 27.4 Å². The van der Waals surface area contributed by atoms with Crippen LogP contribution in [0.2, 0.25) is 10.0 Å². The van der Waals surface area contributed by atoms with Crippen molar-refractivity contribution in [2.45, 2.75) is 6.61 Å². The molecule has 0 fully saturated rings. The second-order valence-corrected chi connectivity index (χ2v) is 5.23. The van der Waals surface area contributed by atoms with E-state index in [1.807, 2.05) is 24.3 Å². The number of ether oxygens (including phenoxy) is 1. The van der Waals surface area contributed by atoms with E-state index in [9.17, 15) is 0 Å². The standard InChI is InChI=1S/C14H11Cl2NOS/c15-10-5-11(16)7-12(6-10)18-8-9-3-1-2-4-13(9)14(17)19/h1-7H,8H2,(H2,17,19). The van der Waals surface area contributed by atoms with Crippen molar-refractivity contribution in [3.63, 3.8) is 0 Å². The van der Waals surface area contributed by atoms with Gasteiger partial charge < -0.3 is 10.5 Å². The molecule has 0 radical (unpaired) electrons. The Morgan fingerprint density at radius 3 is 2.37 bits per heavy atom. The molecule has 0 aliphatic heterocycles. The number of nitrogens with two attached hydrogens (primary N) is 1. The van der Waals surface area contributed by atoms with Crippen molar-refractivity contribution in [2.24, 2.45) is 5.73 Å². The quantitative estimate of drug-likeness (QED) is 0.859. The average Bonchev–Trinajstić information content (AvgIpc) is 2.35. The summed E-state index contributed by atoms with van der Waals surface area (Å²) in [5.74, 6) is 0.607. The van der Waals surface area contributed by atoms with Gasteiger partial charge in [0.2, 0.25) is 0 Å². The van der Waals surface area contributed by atoms with Gasteiger partial charge in [-0.3, -0.25) is 0 Å². The van der Waals surface area contributed by atoms with Crippen molar-refractivity contribution in [3.05, 3.63) is 63.6 Å². The zero-order chi connectivity index (χ0) is 13.8. The maximum absolute atomic E-state index is 5.91. The van der Waals surface area contributed by atoms with Crippen LogP contribution in [0.5, 0.6) is 5.75 Å². The van der Waals surface area contributed by atoms with Crippen LogP contribution in [0.15, 0.2) is 42.5 Å². The number of thiocarbonyl (C=S) groups is 1. The summed E-state index contributed by atoms with van der Waals surface area (Å²) in [4.78, 5) is 0.350. The molecule has 0 aromatic heterocycles. The number of hydrogen-bond donors (Lipinski definition) is 1. The zero-order valence-corrected chi connectivity index (χ0v) is 12.2. The maximum Gasteiger partial charge on any atom is 0.122 e. The normalized spacial score (nSPS) is 10.2. The van der Waals surface area contributed by atoms with Gasteiger partial charge in [-0.1, -0.05) is 59.7 Å². The molecule has 98 valence electrons. The predicted molar refractivity (Wildman–Crippen MR) is 83.1 cm³/mol. The van der Waals surface area contributed by atoms with Crippen molar-refractivity contribution in [3.8, 4) is 5.75 Å². The molecular formula is C14H11Cl2NOS. The van der Waals surface area contributed by atoms with Crippen LogP contribution in [0.1, 0.15) is 11.1 Å². The van der Waals surface area contributed by atoms with Crippen LogP contribution >= 0.6 is 35.4 Å². The van der Waals surface area contributed by atoms with E-state index < -0.39 is 0 Å². The van der Waals surface area contributed by atoms with Gasteiger partial charge in [-0.25, -0.2) is 0 Å². The molecule has 0 atom stereocenters. The molecule has 0 saturated carbocycles. The predicted octanol–water partition coefficient (Wildman–Crippen LogP) is 4.21. The lowest BCUT2D eigenvalue weighted by molar-refractivity contribution is 0.306. The SMILES string of the molecule is NC(=S)c1ccccc1COc1cc(Cl)cc(Cl)c1. The summed E-state index contributed by atoms with van der Waals surface area (Å²) in [6.45, 7) is 0.351. The van der Waals surface area contributed by atoms with Crippen LogP contribution < -0.4 is 10.5 Å². The molecule has 2 N–H and O–H groups in total. The molecule has 0 unspecified atom stereocenters. The Kier molecular flexibility index (Phi) is 4.64. The molecule has 0 heterocycles. The summed E-state index contributed by atoms with van der Waals surface area (Å²) >= 11 is 16.8. The zero-order valence-electron chi connectivity index (χ0n) is 9.90. The Morgan fingerprint density at radius 1 is 1.11 bits per heavy atom. The van der Waals surface area contributed by atoms with Crippen LogP contribution in [0.25, 0.3) is 0 Å². The fourth-order valence-corrected chi connectivity index (χ4v) is 2.36. The summed E-state index contributed by atoms with van der Waals surface area (Å²) in [5, 5.41) is 1.07. The Bertz CT molecular complexity index is 596. The number of benzene rings is 2. The Morgan fingerprint density at radius 2 is 1.74 bits per heavy atom. The number of hydrogen-bond acceptors (Lipinski definition) is 2. The first kappa shape index (κ1) is 14.1. The fourth-order valence-electron chi connectivity index (χ4n) is 1.66. The van der Waals surface area contributed by atoms with Gasteiger partial charge in [0, 0.05) is 15.6 Å². The van der Waals surface area contributed by atoms with Gasteiger partial charge in [0.1, 0.15) is 17.3 Å². The van der Waals surface area contributed by atoms with E-state index in [1.54, 1.807) is 18.2 Å². The molecule has 2 aromatic rings. The van der Waals surface area contributed by atoms with Crippen molar-refractivity contribution in [1.29, 1.82) is 0 Å². The van der Waals surface area contributed by atoms with Crippen molar-refractivity contribution in [2.75, 3.05) is 0 Å². The fraction of sp³-hybridized carbons (Fsp3) is 0.0714. The molecule has 5 heteroatoms. The van der Waals surface area contributed by atoms with E-state index in [1.165, 1.54) is 0 Å². The molecule has 0 bridgehead atoms. The molecular weight excluding hydrogens is 301 g/mol. The van der Waals surface area contributed by atoms with Crippen LogP contribution in [-0.4, -0.2) is 4.99 Å². The first-order chi connectivity index (χ1) is 9.06. The Labute approximate surface area is 127 Å². The van der Waals surface area contributed by atoms with Crippen LogP contribution in [0.4, 0.5) is 0 Å². The number of rotatable bonds is 4. The Balaban J connectivity index is 2.16. The number of halogens is 2. The second kappa shape index (κ2) is 6.24. The lowest BCUT2D eigenvalue weighted by atomic mass is 10.1. The van der Waals surface area contributed by atoms with E-state index >= 15 is 0 Å². The third-order valence-corrected chi connectivity index (χ3v) is 3.17. The highest BCUT2D eigenvalue weighted by atomic mass is 35.5. The highest BCUT2D eigenvalue weighted by molar-refractivity contribution is 7.80. The van der Waals surface area contributed by atoms with Crippen molar-refractivity contribution < 1.29 is 4.74 Å². The highest BCUT2D eigenvalue weighted by Crippen LogP contribution is 2.25. The van der Waals surface area contributed by atoms with E-state index in [0.717, 1.165) is 11.1 Å². The molecule has 2 aromatic carbocycles. The van der Waals surface area contributed by atoms with Crippen LogP contribution in [-0.2, 0) is 6.61 Å². The molecule has 0 spiro atoms. The van der Waals surface area contributed by atoms with Gasteiger partial charge in [-0.05, 0) is 23.8 Å². The minimum Gasteiger partial charge on any atom is -0.489 e. The molecule has 2 nitrogen and oxygen atoms in total. The first-order valence-electron chi connectivity index (χ1n) is 5.53. The summed E-state index contributed by atoms with van der Waals surface area (Å²) in [5.41, 5.74) is 7.40. The summed E-state index contributed by atoms with van der Waals surface area (Å²) in [6.07, 6.45) is 0. The lowest BCUT2D eigenvalue weighted by Gasteiger charge is -2.10. The monoisotopic (exact) mass is 311 g/mol. The first-order valence-corrected chi connectivity index (χ1v) is 6.69. The van der Waals surface area contributed by atoms with E-state index in [4.69, 9.17) is 45.9 Å². The average molecular weight is 312 g/mol. The van der Waals surface area contributed by atoms with Crippen LogP contribution in [0.3, 0.4) is 0 Å². The highest BCUT2D eigenvalue weighted by Gasteiger charge is 2.06. The van der Waals surface area contributed by atoms with Gasteiger partial charge in [-0.15, -0.1) is 0 Å². The third-order valence-electron chi connectivity index (χ3n) is 2.51. The minimum atomic E-state index is 0.350. The maximum atomic E-state index is 5.91. The van der Waals surface area contributed by atoms with Gasteiger partial charge >= 0.3 is 0 Å². The van der Waals surface area contributed by atoms with Gasteiger partial charge in [-0.2, -0.15) is 0 Å². The van der Waals surface area contributed by atoms with Gasteiger partial charge in [0.15, 0.2) is 0 Å². The van der Waals surface area contributed by atoms with E-state index in [-0.39, 0.29) is 0 Å². The van der Waals surface area contributed by atoms with Gasteiger partial charge in [0.25, 0.3) is 0 Å². The van der Waals surface area contributed by atoms with E-state index in [2.05, 4.69) is 0 Å². The summed E-state index contributed by atoms with van der Waals surface area (Å²) in [6, 6.07) is 12.6.